The summed E-state index contributed by atoms with van der Waals surface area (Å²) in [5.74, 6) is -2.88. The summed E-state index contributed by atoms with van der Waals surface area (Å²) in [7, 11) is 0. The maximum atomic E-state index is 13.8. The number of rotatable bonds is 2. The van der Waals surface area contributed by atoms with Crippen LogP contribution >= 0.6 is 0 Å². The van der Waals surface area contributed by atoms with E-state index in [1.54, 1.807) is 0 Å². The molecule has 2 amide bonds. The predicted molar refractivity (Wildman–Crippen MR) is 89.0 cm³/mol. The van der Waals surface area contributed by atoms with E-state index < -0.39 is 29.5 Å². The summed E-state index contributed by atoms with van der Waals surface area (Å²) in [6, 6.07) is 4.33. The van der Waals surface area contributed by atoms with Gasteiger partial charge in [0.1, 0.15) is 17.2 Å². The highest BCUT2D eigenvalue weighted by Crippen LogP contribution is 2.41. The highest BCUT2D eigenvalue weighted by atomic mass is 19.1. The number of carbonyl (C=O) groups excluding carboxylic acids is 2. The molecule has 0 radical (unpaired) electrons. The number of nitrogens with two attached hydrogens (primary N) is 1. The summed E-state index contributed by atoms with van der Waals surface area (Å²) in [6.07, 6.45) is 0. The van der Waals surface area contributed by atoms with E-state index in [-0.39, 0.29) is 28.9 Å². The molecule has 0 atom stereocenters. The van der Waals surface area contributed by atoms with Crippen molar-refractivity contribution in [1.82, 2.24) is 4.57 Å². The molecule has 2 heterocycles. The first-order valence-corrected chi connectivity index (χ1v) is 7.60. The zero-order chi connectivity index (χ0) is 19.3. The SMILES string of the molecule is NC(=O)n1c(O)c(C(=O)Nc2ccc(F)cc2F)c2cc3c(cc21)OCO3. The standard InChI is InChI=1S/C17H11F2N3O5/c18-7-1-2-10(9(19)3-7)21-15(23)14-8-4-12-13(27-6-26-12)5-11(8)22(16(14)24)17(20)25/h1-5,24H,6H2,(H2,20,25)(H,21,23). The Balaban J connectivity index is 1.86. The lowest BCUT2D eigenvalue weighted by atomic mass is 10.1. The third kappa shape index (κ3) is 2.58. The minimum Gasteiger partial charge on any atom is -0.494 e. The van der Waals surface area contributed by atoms with Crippen molar-refractivity contribution in [1.29, 1.82) is 0 Å². The number of carbonyl (C=O) groups is 2. The van der Waals surface area contributed by atoms with E-state index in [2.05, 4.69) is 5.32 Å². The topological polar surface area (TPSA) is 116 Å². The number of nitrogens with one attached hydrogen (secondary N) is 1. The van der Waals surface area contributed by atoms with Gasteiger partial charge in [-0.25, -0.2) is 18.1 Å². The summed E-state index contributed by atoms with van der Waals surface area (Å²) >= 11 is 0. The molecule has 0 bridgehead atoms. The van der Waals surface area contributed by atoms with E-state index in [0.717, 1.165) is 12.1 Å². The molecular weight excluding hydrogens is 364 g/mol. The average Bonchev–Trinajstić information content (AvgIpc) is 3.15. The van der Waals surface area contributed by atoms with Gasteiger partial charge in [-0.05, 0) is 18.2 Å². The van der Waals surface area contributed by atoms with Gasteiger partial charge in [-0.1, -0.05) is 0 Å². The maximum absolute atomic E-state index is 13.8. The molecule has 2 aromatic carbocycles. The van der Waals surface area contributed by atoms with Crippen molar-refractivity contribution in [3.63, 3.8) is 0 Å². The molecule has 0 saturated carbocycles. The van der Waals surface area contributed by atoms with E-state index in [0.29, 0.717) is 22.1 Å². The molecule has 0 saturated heterocycles. The van der Waals surface area contributed by atoms with Crippen LogP contribution in [-0.2, 0) is 0 Å². The number of benzene rings is 2. The summed E-state index contributed by atoms with van der Waals surface area (Å²) in [4.78, 5) is 24.4. The second-order valence-electron chi connectivity index (χ2n) is 5.67. The fourth-order valence-corrected chi connectivity index (χ4v) is 2.89. The molecule has 4 rings (SSSR count). The van der Waals surface area contributed by atoms with E-state index >= 15 is 0 Å². The van der Waals surface area contributed by atoms with Crippen molar-refractivity contribution < 1.29 is 33.0 Å². The zero-order valence-corrected chi connectivity index (χ0v) is 13.5. The van der Waals surface area contributed by atoms with E-state index in [4.69, 9.17) is 15.2 Å². The van der Waals surface area contributed by atoms with Crippen LogP contribution in [0.5, 0.6) is 17.4 Å². The van der Waals surface area contributed by atoms with E-state index in [1.807, 2.05) is 0 Å². The Morgan fingerprint density at radius 1 is 1.15 bits per heavy atom. The fourth-order valence-electron chi connectivity index (χ4n) is 2.89. The first-order valence-electron chi connectivity index (χ1n) is 7.60. The Labute approximate surface area is 149 Å². The highest BCUT2D eigenvalue weighted by Gasteiger charge is 2.28. The Morgan fingerprint density at radius 2 is 1.85 bits per heavy atom. The Bertz CT molecular complexity index is 1130. The lowest BCUT2D eigenvalue weighted by molar-refractivity contribution is 0.102. The number of nitrogens with zero attached hydrogens (tertiary/aromatic N) is 1. The van der Waals surface area contributed by atoms with Crippen LogP contribution in [-0.4, -0.2) is 28.4 Å². The van der Waals surface area contributed by atoms with Gasteiger partial charge in [0.25, 0.3) is 5.91 Å². The number of halogens is 2. The molecule has 1 aromatic heterocycles. The van der Waals surface area contributed by atoms with Gasteiger partial charge in [0.15, 0.2) is 11.5 Å². The third-order valence-electron chi connectivity index (χ3n) is 4.06. The molecule has 0 aliphatic carbocycles. The van der Waals surface area contributed by atoms with Crippen LogP contribution in [0.4, 0.5) is 19.3 Å². The number of fused-ring (bicyclic) bond motifs is 2. The van der Waals surface area contributed by atoms with Crippen LogP contribution in [0.3, 0.4) is 0 Å². The molecule has 0 spiro atoms. The molecule has 0 unspecified atom stereocenters. The van der Waals surface area contributed by atoms with Crippen LogP contribution in [0, 0.1) is 11.6 Å². The minimum absolute atomic E-state index is 0.0488. The number of ether oxygens (including phenoxy) is 2. The molecule has 138 valence electrons. The number of primary amides is 1. The highest BCUT2D eigenvalue weighted by molar-refractivity contribution is 6.17. The van der Waals surface area contributed by atoms with Crippen molar-refractivity contribution >= 4 is 28.5 Å². The van der Waals surface area contributed by atoms with Crippen LogP contribution in [0.25, 0.3) is 10.9 Å². The molecule has 10 heteroatoms. The smallest absolute Gasteiger partial charge is 0.326 e. The van der Waals surface area contributed by atoms with Crippen molar-refractivity contribution in [3.05, 3.63) is 47.5 Å². The molecular formula is C17H11F2N3O5. The van der Waals surface area contributed by atoms with Crippen molar-refractivity contribution in [2.75, 3.05) is 12.1 Å². The molecule has 0 fully saturated rings. The van der Waals surface area contributed by atoms with Gasteiger partial charge in [-0.2, -0.15) is 0 Å². The summed E-state index contributed by atoms with van der Waals surface area (Å²) in [5.41, 5.74) is 4.76. The number of hydrogen-bond acceptors (Lipinski definition) is 5. The van der Waals surface area contributed by atoms with Gasteiger partial charge in [0.2, 0.25) is 12.7 Å². The van der Waals surface area contributed by atoms with Gasteiger partial charge in [-0.15, -0.1) is 0 Å². The van der Waals surface area contributed by atoms with Crippen molar-refractivity contribution in [3.8, 4) is 17.4 Å². The van der Waals surface area contributed by atoms with E-state index in [9.17, 15) is 23.5 Å². The Kier molecular flexibility index (Phi) is 3.62. The first-order chi connectivity index (χ1) is 12.9. The monoisotopic (exact) mass is 375 g/mol. The van der Waals surface area contributed by atoms with Crippen LogP contribution in [0.2, 0.25) is 0 Å². The molecule has 4 N–H and O–H groups in total. The Hall–Kier alpha value is -3.82. The lowest BCUT2D eigenvalue weighted by Crippen LogP contribution is -2.19. The largest absolute Gasteiger partial charge is 0.494 e. The number of aromatic hydroxyl groups is 1. The average molecular weight is 375 g/mol. The normalized spacial score (nSPS) is 12.4. The van der Waals surface area contributed by atoms with Gasteiger partial charge >= 0.3 is 6.03 Å². The molecule has 3 aromatic rings. The van der Waals surface area contributed by atoms with Gasteiger partial charge < -0.3 is 25.6 Å². The summed E-state index contributed by atoms with van der Waals surface area (Å²) < 4.78 is 38.0. The number of amides is 2. The van der Waals surface area contributed by atoms with Crippen molar-refractivity contribution in [2.45, 2.75) is 0 Å². The van der Waals surface area contributed by atoms with Crippen LogP contribution in [0.1, 0.15) is 10.4 Å². The van der Waals surface area contributed by atoms with Gasteiger partial charge in [0, 0.05) is 17.5 Å². The second kappa shape index (κ2) is 5.87. The molecule has 27 heavy (non-hydrogen) atoms. The zero-order valence-electron chi connectivity index (χ0n) is 13.5. The van der Waals surface area contributed by atoms with Crippen molar-refractivity contribution in [2.24, 2.45) is 5.73 Å². The molecule has 1 aliphatic heterocycles. The van der Waals surface area contributed by atoms with Crippen LogP contribution in [0.15, 0.2) is 30.3 Å². The fraction of sp³-hybridized carbons (Fsp3) is 0.0588. The quantitative estimate of drug-likeness (QED) is 0.637. The Morgan fingerprint density at radius 3 is 2.52 bits per heavy atom. The number of anilines is 1. The van der Waals surface area contributed by atoms with Gasteiger partial charge in [0.05, 0.1) is 11.2 Å². The number of aromatic nitrogens is 1. The van der Waals surface area contributed by atoms with Crippen LogP contribution < -0.4 is 20.5 Å². The van der Waals surface area contributed by atoms with E-state index in [1.165, 1.54) is 12.1 Å². The number of hydrogen-bond donors (Lipinski definition) is 3. The third-order valence-corrected chi connectivity index (χ3v) is 4.06. The lowest BCUT2D eigenvalue weighted by Gasteiger charge is -2.06. The molecule has 8 nitrogen and oxygen atoms in total. The second-order valence-corrected chi connectivity index (χ2v) is 5.67. The predicted octanol–water partition coefficient (Wildman–Crippen LogP) is 2.53. The van der Waals surface area contributed by atoms with Gasteiger partial charge in [-0.3, -0.25) is 4.79 Å². The first kappa shape index (κ1) is 16.6. The summed E-state index contributed by atoms with van der Waals surface area (Å²) in [6.45, 7) is -0.0488. The molecule has 1 aliphatic rings. The minimum atomic E-state index is -1.04. The summed E-state index contributed by atoms with van der Waals surface area (Å²) in [5, 5.41) is 12.7. The maximum Gasteiger partial charge on any atom is 0.326 e.